The predicted molar refractivity (Wildman–Crippen MR) is 67.7 cm³/mol. The van der Waals surface area contributed by atoms with Gasteiger partial charge in [-0.05, 0) is 43.4 Å². The molecule has 0 fully saturated rings. The highest BCUT2D eigenvalue weighted by atomic mass is 79.9. The van der Waals surface area contributed by atoms with Crippen LogP contribution >= 0.6 is 15.9 Å². The van der Waals surface area contributed by atoms with E-state index in [1.165, 1.54) is 29.5 Å². The first kappa shape index (κ1) is 10.9. The lowest BCUT2D eigenvalue weighted by molar-refractivity contribution is 0.784. The standard InChI is InChI=1S/C13H16BrN/c1-9-6-7-11(8-12(9)14)13(15)10-4-2-3-5-10/h4,6-8,13H,2-3,5,15H2,1H3. The zero-order chi connectivity index (χ0) is 10.8. The molecule has 0 amide bonds. The molecule has 0 heterocycles. The van der Waals surface area contributed by atoms with Gasteiger partial charge >= 0.3 is 0 Å². The van der Waals surface area contributed by atoms with E-state index in [0.717, 1.165) is 10.9 Å². The summed E-state index contributed by atoms with van der Waals surface area (Å²) in [5, 5.41) is 0. The van der Waals surface area contributed by atoms with E-state index in [1.807, 2.05) is 0 Å². The highest BCUT2D eigenvalue weighted by Gasteiger charge is 2.15. The molecule has 2 heteroatoms. The number of aryl methyl sites for hydroxylation is 1. The minimum Gasteiger partial charge on any atom is -0.321 e. The summed E-state index contributed by atoms with van der Waals surface area (Å²) in [7, 11) is 0. The maximum Gasteiger partial charge on any atom is 0.0511 e. The van der Waals surface area contributed by atoms with Crippen LogP contribution in [0.15, 0.2) is 34.3 Å². The zero-order valence-corrected chi connectivity index (χ0v) is 10.5. The van der Waals surface area contributed by atoms with Crippen LogP contribution in [-0.4, -0.2) is 0 Å². The van der Waals surface area contributed by atoms with Gasteiger partial charge in [-0.1, -0.05) is 39.7 Å². The van der Waals surface area contributed by atoms with Gasteiger partial charge in [0.1, 0.15) is 0 Å². The van der Waals surface area contributed by atoms with Crippen LogP contribution in [0.2, 0.25) is 0 Å². The molecular formula is C13H16BrN. The summed E-state index contributed by atoms with van der Waals surface area (Å²) in [6, 6.07) is 6.47. The van der Waals surface area contributed by atoms with Crippen molar-refractivity contribution in [1.29, 1.82) is 0 Å². The highest BCUT2D eigenvalue weighted by Crippen LogP contribution is 2.30. The lowest BCUT2D eigenvalue weighted by Crippen LogP contribution is -2.12. The van der Waals surface area contributed by atoms with Crippen LogP contribution in [0.1, 0.15) is 36.4 Å². The average molecular weight is 266 g/mol. The fourth-order valence-electron chi connectivity index (χ4n) is 1.99. The summed E-state index contributed by atoms with van der Waals surface area (Å²) in [5.74, 6) is 0. The Morgan fingerprint density at radius 2 is 2.20 bits per heavy atom. The molecule has 1 aromatic rings. The lowest BCUT2D eigenvalue weighted by atomic mass is 9.98. The number of rotatable bonds is 2. The van der Waals surface area contributed by atoms with Crippen LogP contribution in [-0.2, 0) is 0 Å². The van der Waals surface area contributed by atoms with E-state index >= 15 is 0 Å². The molecule has 1 atom stereocenters. The Labute approximate surface area is 99.5 Å². The summed E-state index contributed by atoms with van der Waals surface area (Å²) >= 11 is 3.55. The van der Waals surface area contributed by atoms with Crippen LogP contribution in [0.4, 0.5) is 0 Å². The lowest BCUT2D eigenvalue weighted by Gasteiger charge is -2.14. The van der Waals surface area contributed by atoms with Gasteiger partial charge in [0.25, 0.3) is 0 Å². The van der Waals surface area contributed by atoms with Gasteiger partial charge in [-0.2, -0.15) is 0 Å². The molecule has 0 spiro atoms. The topological polar surface area (TPSA) is 26.0 Å². The van der Waals surface area contributed by atoms with Gasteiger partial charge in [0.05, 0.1) is 6.04 Å². The van der Waals surface area contributed by atoms with E-state index in [1.54, 1.807) is 0 Å². The van der Waals surface area contributed by atoms with Gasteiger partial charge in [0.2, 0.25) is 0 Å². The molecule has 0 aromatic heterocycles. The summed E-state index contributed by atoms with van der Waals surface area (Å²) in [6.45, 7) is 2.09. The number of allylic oxidation sites excluding steroid dienone is 1. The molecule has 1 unspecified atom stereocenters. The fourth-order valence-corrected chi connectivity index (χ4v) is 2.39. The Hall–Kier alpha value is -0.600. The molecule has 80 valence electrons. The summed E-state index contributed by atoms with van der Waals surface area (Å²) < 4.78 is 1.15. The first-order valence-corrected chi connectivity index (χ1v) is 6.18. The van der Waals surface area contributed by atoms with Gasteiger partial charge in [0.15, 0.2) is 0 Å². The van der Waals surface area contributed by atoms with E-state index in [4.69, 9.17) is 5.73 Å². The molecule has 1 nitrogen and oxygen atoms in total. The smallest absolute Gasteiger partial charge is 0.0511 e. The maximum absolute atomic E-state index is 6.23. The molecule has 0 saturated heterocycles. The van der Waals surface area contributed by atoms with Crippen molar-refractivity contribution in [3.05, 3.63) is 45.4 Å². The van der Waals surface area contributed by atoms with E-state index < -0.39 is 0 Å². The second-order valence-electron chi connectivity index (χ2n) is 4.16. The Morgan fingerprint density at radius 1 is 1.40 bits per heavy atom. The third-order valence-corrected chi connectivity index (χ3v) is 3.88. The fraction of sp³-hybridized carbons (Fsp3) is 0.385. The number of hydrogen-bond acceptors (Lipinski definition) is 1. The monoisotopic (exact) mass is 265 g/mol. The molecule has 0 aliphatic heterocycles. The Kier molecular flexibility index (Phi) is 3.27. The molecule has 2 rings (SSSR count). The summed E-state index contributed by atoms with van der Waals surface area (Å²) in [6.07, 6.45) is 5.90. The van der Waals surface area contributed by atoms with Crippen LogP contribution in [0.5, 0.6) is 0 Å². The van der Waals surface area contributed by atoms with Crippen molar-refractivity contribution >= 4 is 15.9 Å². The van der Waals surface area contributed by atoms with Gasteiger partial charge in [-0.3, -0.25) is 0 Å². The van der Waals surface area contributed by atoms with Crippen molar-refractivity contribution in [3.63, 3.8) is 0 Å². The van der Waals surface area contributed by atoms with E-state index in [2.05, 4.69) is 47.1 Å². The van der Waals surface area contributed by atoms with Gasteiger partial charge < -0.3 is 5.73 Å². The summed E-state index contributed by atoms with van der Waals surface area (Å²) in [4.78, 5) is 0. The second-order valence-corrected chi connectivity index (χ2v) is 5.01. The van der Waals surface area contributed by atoms with Crippen LogP contribution in [0, 0.1) is 6.92 Å². The van der Waals surface area contributed by atoms with Gasteiger partial charge in [-0.15, -0.1) is 0 Å². The number of halogens is 1. The van der Waals surface area contributed by atoms with Crippen LogP contribution in [0.25, 0.3) is 0 Å². The Morgan fingerprint density at radius 3 is 2.80 bits per heavy atom. The van der Waals surface area contributed by atoms with E-state index in [9.17, 15) is 0 Å². The maximum atomic E-state index is 6.23. The van der Waals surface area contributed by atoms with E-state index in [-0.39, 0.29) is 6.04 Å². The SMILES string of the molecule is Cc1ccc(C(N)C2=CCCC2)cc1Br. The van der Waals surface area contributed by atoms with Crippen molar-refractivity contribution < 1.29 is 0 Å². The molecule has 0 radical (unpaired) electrons. The Bertz CT molecular complexity index is 396. The molecular weight excluding hydrogens is 250 g/mol. The Balaban J connectivity index is 2.25. The summed E-state index contributed by atoms with van der Waals surface area (Å²) in [5.41, 5.74) is 10.1. The molecule has 1 aliphatic rings. The van der Waals surface area contributed by atoms with Crippen LogP contribution < -0.4 is 5.73 Å². The molecule has 0 saturated carbocycles. The number of hydrogen-bond donors (Lipinski definition) is 1. The van der Waals surface area contributed by atoms with Crippen molar-refractivity contribution in [1.82, 2.24) is 0 Å². The number of nitrogens with two attached hydrogens (primary N) is 1. The molecule has 2 N–H and O–H groups in total. The number of benzene rings is 1. The molecule has 1 aromatic carbocycles. The molecule has 15 heavy (non-hydrogen) atoms. The largest absolute Gasteiger partial charge is 0.321 e. The molecule has 1 aliphatic carbocycles. The quantitative estimate of drug-likeness (QED) is 0.808. The van der Waals surface area contributed by atoms with Crippen molar-refractivity contribution in [2.24, 2.45) is 5.73 Å². The molecule has 0 bridgehead atoms. The van der Waals surface area contributed by atoms with Crippen molar-refractivity contribution in [3.8, 4) is 0 Å². The third-order valence-electron chi connectivity index (χ3n) is 3.03. The average Bonchev–Trinajstić information content (AvgIpc) is 2.74. The van der Waals surface area contributed by atoms with Crippen LogP contribution in [0.3, 0.4) is 0 Å². The zero-order valence-electron chi connectivity index (χ0n) is 8.96. The minimum atomic E-state index is 0.0874. The third kappa shape index (κ3) is 2.32. The first-order valence-electron chi connectivity index (χ1n) is 5.39. The second kappa shape index (κ2) is 4.50. The van der Waals surface area contributed by atoms with Gasteiger partial charge in [0, 0.05) is 4.47 Å². The first-order chi connectivity index (χ1) is 7.18. The van der Waals surface area contributed by atoms with E-state index in [0.29, 0.717) is 0 Å². The van der Waals surface area contributed by atoms with Gasteiger partial charge in [-0.25, -0.2) is 0 Å². The minimum absolute atomic E-state index is 0.0874. The normalized spacial score (nSPS) is 17.7. The highest BCUT2D eigenvalue weighted by molar-refractivity contribution is 9.10. The van der Waals surface area contributed by atoms with Crippen molar-refractivity contribution in [2.45, 2.75) is 32.2 Å². The van der Waals surface area contributed by atoms with Crippen molar-refractivity contribution in [2.75, 3.05) is 0 Å². The predicted octanol–water partition coefficient (Wildman–Crippen LogP) is 3.87.